The number of nitrogens with zero attached hydrogens (tertiary/aromatic N) is 1. The highest BCUT2D eigenvalue weighted by molar-refractivity contribution is 7.06. The van der Waals surface area contributed by atoms with E-state index in [1.165, 1.54) is 0 Å². The van der Waals surface area contributed by atoms with E-state index in [4.69, 9.17) is 9.47 Å². The first-order valence-corrected chi connectivity index (χ1v) is 7.85. The average molecular weight is 365 g/mol. The molecule has 0 bridgehead atoms. The van der Waals surface area contributed by atoms with Gasteiger partial charge in [-0.1, -0.05) is 6.07 Å². The van der Waals surface area contributed by atoms with Crippen molar-refractivity contribution in [2.45, 2.75) is 25.1 Å². The summed E-state index contributed by atoms with van der Waals surface area (Å²) in [5.74, 6) is -2.93. The third-order valence-corrected chi connectivity index (χ3v) is 4.62. The Morgan fingerprint density at radius 3 is 2.54 bits per heavy atom. The molecule has 0 saturated carbocycles. The molecule has 1 aliphatic heterocycles. The molecule has 3 nitrogen and oxygen atoms in total. The molecule has 1 saturated heterocycles. The topological polar surface area (TPSA) is 31.4 Å². The van der Waals surface area contributed by atoms with E-state index in [-0.39, 0.29) is 23.8 Å². The number of alkyl halides is 3. The third-order valence-electron chi connectivity index (χ3n) is 3.67. The molecule has 3 rings (SSSR count). The number of benzene rings is 1. The van der Waals surface area contributed by atoms with Crippen molar-refractivity contribution in [3.8, 4) is 5.75 Å². The molecule has 1 aromatic carbocycles. The van der Waals surface area contributed by atoms with Crippen LogP contribution in [0.5, 0.6) is 5.75 Å². The van der Waals surface area contributed by atoms with Crippen LogP contribution >= 0.6 is 11.5 Å². The van der Waals surface area contributed by atoms with Crippen LogP contribution in [0.4, 0.5) is 22.0 Å². The van der Waals surface area contributed by atoms with E-state index < -0.39 is 35.0 Å². The summed E-state index contributed by atoms with van der Waals surface area (Å²) in [6, 6.07) is 3.09. The lowest BCUT2D eigenvalue weighted by Gasteiger charge is -2.13. The molecule has 1 aromatic heterocycles. The summed E-state index contributed by atoms with van der Waals surface area (Å²) >= 11 is 0.315. The van der Waals surface area contributed by atoms with Gasteiger partial charge in [-0.15, -0.1) is 0 Å². The maximum Gasteiger partial charge on any atom is 0.427 e. The van der Waals surface area contributed by atoms with E-state index in [0.29, 0.717) is 24.6 Å². The first-order chi connectivity index (χ1) is 11.4. The number of aromatic nitrogens is 1. The van der Waals surface area contributed by atoms with Crippen LogP contribution in [0.25, 0.3) is 0 Å². The molecule has 1 fully saturated rings. The highest BCUT2D eigenvalue weighted by Gasteiger charge is 2.39. The van der Waals surface area contributed by atoms with E-state index in [2.05, 4.69) is 4.37 Å². The molecule has 2 heterocycles. The van der Waals surface area contributed by atoms with Gasteiger partial charge < -0.3 is 9.47 Å². The lowest BCUT2D eigenvalue weighted by molar-refractivity contribution is -0.135. The monoisotopic (exact) mass is 365 g/mol. The zero-order chi connectivity index (χ0) is 17.3. The molecular formula is C15H12F5NO2S. The Kier molecular flexibility index (Phi) is 4.73. The fourth-order valence-corrected chi connectivity index (χ4v) is 3.35. The average Bonchev–Trinajstić information content (AvgIpc) is 3.14. The fourth-order valence-electron chi connectivity index (χ4n) is 2.52. The Balaban J connectivity index is 1.91. The van der Waals surface area contributed by atoms with Crippen molar-refractivity contribution in [3.63, 3.8) is 0 Å². The van der Waals surface area contributed by atoms with Crippen molar-refractivity contribution in [3.05, 3.63) is 46.0 Å². The van der Waals surface area contributed by atoms with E-state index in [9.17, 15) is 22.0 Å². The van der Waals surface area contributed by atoms with Gasteiger partial charge in [0.25, 0.3) is 0 Å². The van der Waals surface area contributed by atoms with Crippen LogP contribution < -0.4 is 4.74 Å². The van der Waals surface area contributed by atoms with Gasteiger partial charge >= 0.3 is 6.18 Å². The van der Waals surface area contributed by atoms with Gasteiger partial charge in [0.05, 0.1) is 12.3 Å². The van der Waals surface area contributed by atoms with Gasteiger partial charge in [-0.2, -0.15) is 17.5 Å². The van der Waals surface area contributed by atoms with Gasteiger partial charge in [-0.3, -0.25) is 0 Å². The quantitative estimate of drug-likeness (QED) is 0.747. The summed E-state index contributed by atoms with van der Waals surface area (Å²) in [5.41, 5.74) is 0.0345. The molecule has 1 atom stereocenters. The summed E-state index contributed by atoms with van der Waals surface area (Å²) in [6.45, 7) is 0.0862. The maximum atomic E-state index is 13.6. The van der Waals surface area contributed by atoms with Crippen molar-refractivity contribution in [1.29, 1.82) is 0 Å². The smallest absolute Gasteiger partial charge is 0.427 e. The normalized spacial score (nSPS) is 18.1. The number of hydrogen-bond acceptors (Lipinski definition) is 4. The van der Waals surface area contributed by atoms with Gasteiger partial charge in [-0.05, 0) is 30.1 Å². The lowest BCUT2D eigenvalue weighted by atomic mass is 10.00. The molecular weight excluding hydrogens is 353 g/mol. The van der Waals surface area contributed by atoms with E-state index in [0.717, 1.165) is 18.2 Å². The van der Waals surface area contributed by atoms with E-state index in [1.54, 1.807) is 0 Å². The Hall–Kier alpha value is -1.74. The zero-order valence-corrected chi connectivity index (χ0v) is 13.0. The van der Waals surface area contributed by atoms with E-state index in [1.807, 2.05) is 0 Å². The molecule has 0 N–H and O–H groups in total. The Labute approximate surface area is 138 Å². The number of ether oxygens (including phenoxy) is 2. The minimum absolute atomic E-state index is 0.189. The second kappa shape index (κ2) is 6.64. The molecule has 0 amide bonds. The van der Waals surface area contributed by atoms with Crippen molar-refractivity contribution in [1.82, 2.24) is 4.37 Å². The van der Waals surface area contributed by atoms with Crippen LogP contribution in [0.15, 0.2) is 18.2 Å². The van der Waals surface area contributed by atoms with Crippen molar-refractivity contribution in [2.75, 3.05) is 13.2 Å². The minimum Gasteiger partial charge on any atom is -0.483 e. The molecule has 130 valence electrons. The second-order valence-corrected chi connectivity index (χ2v) is 6.05. The minimum atomic E-state index is -4.61. The SMILES string of the molecule is Fc1cccc(F)c1OCc1c(C2CCOC2)nsc1C(F)(F)F. The van der Waals surface area contributed by atoms with E-state index >= 15 is 0 Å². The number of para-hydroxylation sites is 1. The van der Waals surface area contributed by atoms with Crippen LogP contribution in [-0.2, 0) is 17.5 Å². The fraction of sp³-hybridized carbons (Fsp3) is 0.400. The number of halogens is 5. The highest BCUT2D eigenvalue weighted by atomic mass is 32.1. The summed E-state index contributed by atoms with van der Waals surface area (Å²) in [7, 11) is 0. The highest BCUT2D eigenvalue weighted by Crippen LogP contribution is 2.40. The molecule has 1 aliphatic rings. The third kappa shape index (κ3) is 3.36. The van der Waals surface area contributed by atoms with Crippen molar-refractivity contribution < 1.29 is 31.4 Å². The summed E-state index contributed by atoms with van der Waals surface area (Å²) < 4.78 is 80.8. The predicted octanol–water partition coefficient (Wildman–Crippen LogP) is 4.52. The van der Waals surface area contributed by atoms with Crippen molar-refractivity contribution in [2.24, 2.45) is 0 Å². The lowest BCUT2D eigenvalue weighted by Crippen LogP contribution is -2.12. The van der Waals surface area contributed by atoms with Gasteiger partial charge in [0.15, 0.2) is 17.4 Å². The molecule has 0 radical (unpaired) electrons. The van der Waals surface area contributed by atoms with Gasteiger partial charge in [-0.25, -0.2) is 8.78 Å². The van der Waals surface area contributed by atoms with Crippen LogP contribution in [0.2, 0.25) is 0 Å². The Morgan fingerprint density at radius 2 is 1.96 bits per heavy atom. The van der Waals surface area contributed by atoms with Crippen LogP contribution in [0, 0.1) is 11.6 Å². The first kappa shape index (κ1) is 17.1. The zero-order valence-electron chi connectivity index (χ0n) is 12.2. The van der Waals surface area contributed by atoms with Gasteiger partial charge in [0.1, 0.15) is 11.5 Å². The molecule has 2 aromatic rings. The molecule has 0 spiro atoms. The van der Waals surface area contributed by atoms with Gasteiger partial charge in [0.2, 0.25) is 0 Å². The second-order valence-electron chi connectivity index (χ2n) is 5.27. The van der Waals surface area contributed by atoms with Crippen molar-refractivity contribution >= 4 is 11.5 Å². The Bertz CT molecular complexity index is 705. The predicted molar refractivity (Wildman–Crippen MR) is 76.0 cm³/mol. The van der Waals surface area contributed by atoms with Crippen LogP contribution in [0.3, 0.4) is 0 Å². The molecule has 9 heteroatoms. The van der Waals surface area contributed by atoms with Crippen LogP contribution in [0.1, 0.15) is 28.5 Å². The van der Waals surface area contributed by atoms with Crippen LogP contribution in [-0.4, -0.2) is 17.6 Å². The molecule has 0 aliphatic carbocycles. The van der Waals surface area contributed by atoms with Gasteiger partial charge in [0, 0.05) is 18.1 Å². The number of rotatable bonds is 4. The summed E-state index contributed by atoms with van der Waals surface area (Å²) in [6.07, 6.45) is -4.07. The molecule has 1 unspecified atom stereocenters. The standard InChI is InChI=1S/C15H12F5NO2S/c16-10-2-1-3-11(17)13(10)23-7-9-12(8-4-5-22-6-8)21-24-14(9)15(18,19)20/h1-3,8H,4-7H2. The number of hydrogen-bond donors (Lipinski definition) is 0. The summed E-state index contributed by atoms with van der Waals surface area (Å²) in [5, 5.41) is 0. The first-order valence-electron chi connectivity index (χ1n) is 7.08. The maximum absolute atomic E-state index is 13.6. The summed E-state index contributed by atoms with van der Waals surface area (Å²) in [4.78, 5) is -0.916. The largest absolute Gasteiger partial charge is 0.483 e. The molecule has 24 heavy (non-hydrogen) atoms. The Morgan fingerprint density at radius 1 is 1.25 bits per heavy atom.